The van der Waals surface area contributed by atoms with Crippen molar-refractivity contribution in [1.29, 1.82) is 0 Å². The summed E-state index contributed by atoms with van der Waals surface area (Å²) in [5, 5.41) is 3.19. The van der Waals surface area contributed by atoms with Crippen LogP contribution in [0.15, 0.2) is 0 Å². The number of nitrogens with one attached hydrogen (secondary N) is 1. The van der Waals surface area contributed by atoms with Crippen LogP contribution in [0.25, 0.3) is 0 Å². The van der Waals surface area contributed by atoms with Gasteiger partial charge in [-0.25, -0.2) is 0 Å². The predicted molar refractivity (Wildman–Crippen MR) is 44.0 cm³/mol. The lowest BCUT2D eigenvalue weighted by atomic mass is 9.73. The lowest BCUT2D eigenvalue weighted by molar-refractivity contribution is -0.130. The van der Waals surface area contributed by atoms with Gasteiger partial charge in [0, 0.05) is 6.54 Å². The van der Waals surface area contributed by atoms with E-state index < -0.39 is 0 Å². The first-order valence-electron chi connectivity index (χ1n) is 4.08. The summed E-state index contributed by atoms with van der Waals surface area (Å²) in [6.45, 7) is 5.76. The lowest BCUT2D eigenvalue weighted by Crippen LogP contribution is -2.51. The molecule has 1 aliphatic rings. The second kappa shape index (κ2) is 2.81. The van der Waals surface area contributed by atoms with Crippen molar-refractivity contribution in [3.8, 4) is 0 Å². The Bertz CT molecular complexity index is 169. The molecule has 11 heavy (non-hydrogen) atoms. The minimum atomic E-state index is -0.335. The molecule has 0 aliphatic carbocycles. The number of piperidine rings is 1. The number of carbonyl (C=O) groups is 1. The van der Waals surface area contributed by atoms with E-state index in [4.69, 9.17) is 5.73 Å². The van der Waals surface area contributed by atoms with Gasteiger partial charge in [-0.05, 0) is 25.8 Å². The van der Waals surface area contributed by atoms with Crippen LogP contribution in [0.5, 0.6) is 0 Å². The highest BCUT2D eigenvalue weighted by Gasteiger charge is 2.38. The minimum Gasteiger partial charge on any atom is -0.369 e. The molecule has 1 fully saturated rings. The van der Waals surface area contributed by atoms with Gasteiger partial charge in [-0.2, -0.15) is 0 Å². The Morgan fingerprint density at radius 2 is 2.36 bits per heavy atom. The fourth-order valence-electron chi connectivity index (χ4n) is 1.49. The third-order valence-electron chi connectivity index (χ3n) is 2.90. The molecule has 1 rings (SSSR count). The molecular weight excluding hydrogens is 140 g/mol. The Morgan fingerprint density at radius 3 is 2.73 bits per heavy atom. The van der Waals surface area contributed by atoms with Gasteiger partial charge in [0.2, 0.25) is 5.91 Å². The van der Waals surface area contributed by atoms with Crippen molar-refractivity contribution in [2.75, 3.05) is 13.1 Å². The topological polar surface area (TPSA) is 55.1 Å². The Kier molecular flexibility index (Phi) is 2.18. The Morgan fingerprint density at radius 1 is 1.73 bits per heavy atom. The molecular formula is C8H16N2O. The Balaban J connectivity index is 2.72. The van der Waals surface area contributed by atoms with E-state index in [1.54, 1.807) is 0 Å². The summed E-state index contributed by atoms with van der Waals surface area (Å²) >= 11 is 0. The van der Waals surface area contributed by atoms with Gasteiger partial charge >= 0.3 is 0 Å². The third kappa shape index (κ3) is 1.38. The number of carbonyl (C=O) groups excluding carboxylic acids is 1. The number of nitrogens with two attached hydrogens (primary N) is 1. The second-order valence-corrected chi connectivity index (χ2v) is 3.65. The van der Waals surface area contributed by atoms with Gasteiger partial charge in [0.15, 0.2) is 0 Å². The van der Waals surface area contributed by atoms with Crippen LogP contribution < -0.4 is 11.1 Å². The Hall–Kier alpha value is -0.570. The van der Waals surface area contributed by atoms with E-state index in [9.17, 15) is 4.79 Å². The van der Waals surface area contributed by atoms with Crippen molar-refractivity contribution in [3.63, 3.8) is 0 Å². The zero-order chi connectivity index (χ0) is 8.48. The lowest BCUT2D eigenvalue weighted by Gasteiger charge is -2.37. The maximum atomic E-state index is 11.1. The fraction of sp³-hybridized carbons (Fsp3) is 0.875. The SMILES string of the molecule is CC1CCNCC1(C)C(N)=O. The van der Waals surface area contributed by atoms with E-state index in [0.717, 1.165) is 19.5 Å². The standard InChI is InChI=1S/C8H16N2O/c1-6-3-4-10-5-8(6,2)7(9)11/h6,10H,3-5H2,1-2H3,(H2,9,11). The van der Waals surface area contributed by atoms with Crippen LogP contribution in [0.1, 0.15) is 20.3 Å². The summed E-state index contributed by atoms with van der Waals surface area (Å²) in [4.78, 5) is 11.1. The van der Waals surface area contributed by atoms with Gasteiger partial charge in [-0.15, -0.1) is 0 Å². The molecule has 3 nitrogen and oxygen atoms in total. The van der Waals surface area contributed by atoms with Crippen LogP contribution in [0.2, 0.25) is 0 Å². The molecule has 0 aromatic rings. The molecule has 1 amide bonds. The number of hydrogen-bond donors (Lipinski definition) is 2. The molecule has 1 heterocycles. The van der Waals surface area contributed by atoms with E-state index in [2.05, 4.69) is 12.2 Å². The van der Waals surface area contributed by atoms with Crippen molar-refractivity contribution in [2.24, 2.45) is 17.1 Å². The van der Waals surface area contributed by atoms with Crippen molar-refractivity contribution < 1.29 is 4.79 Å². The van der Waals surface area contributed by atoms with E-state index >= 15 is 0 Å². The highest BCUT2D eigenvalue weighted by atomic mass is 16.1. The molecule has 2 unspecified atom stereocenters. The highest BCUT2D eigenvalue weighted by molar-refractivity contribution is 5.81. The summed E-state index contributed by atoms with van der Waals surface area (Å²) in [5.74, 6) is 0.221. The summed E-state index contributed by atoms with van der Waals surface area (Å²) < 4.78 is 0. The molecule has 0 saturated carbocycles. The average molecular weight is 156 g/mol. The van der Waals surface area contributed by atoms with Gasteiger partial charge < -0.3 is 11.1 Å². The minimum absolute atomic E-state index is 0.183. The number of primary amides is 1. The van der Waals surface area contributed by atoms with Crippen molar-refractivity contribution in [1.82, 2.24) is 5.32 Å². The molecule has 64 valence electrons. The van der Waals surface area contributed by atoms with Gasteiger partial charge in [-0.3, -0.25) is 4.79 Å². The van der Waals surface area contributed by atoms with Crippen LogP contribution in [0.3, 0.4) is 0 Å². The average Bonchev–Trinajstić information content (AvgIpc) is 1.95. The molecule has 0 aromatic carbocycles. The van der Waals surface area contributed by atoms with Gasteiger partial charge in [0.25, 0.3) is 0 Å². The van der Waals surface area contributed by atoms with Crippen LogP contribution in [0, 0.1) is 11.3 Å². The zero-order valence-electron chi connectivity index (χ0n) is 7.18. The van der Waals surface area contributed by atoms with Crippen LogP contribution >= 0.6 is 0 Å². The summed E-state index contributed by atoms with van der Waals surface area (Å²) in [6, 6.07) is 0. The molecule has 3 N–H and O–H groups in total. The molecule has 1 aliphatic heterocycles. The van der Waals surface area contributed by atoms with Crippen LogP contribution in [0.4, 0.5) is 0 Å². The first kappa shape index (κ1) is 8.53. The third-order valence-corrected chi connectivity index (χ3v) is 2.90. The van der Waals surface area contributed by atoms with Crippen LogP contribution in [-0.4, -0.2) is 19.0 Å². The smallest absolute Gasteiger partial charge is 0.224 e. The number of rotatable bonds is 1. The predicted octanol–water partition coefficient (Wildman–Crippen LogP) is 0.107. The van der Waals surface area contributed by atoms with Crippen molar-refractivity contribution >= 4 is 5.91 Å². The molecule has 2 atom stereocenters. The number of hydrogen-bond acceptors (Lipinski definition) is 2. The maximum Gasteiger partial charge on any atom is 0.224 e. The summed E-state index contributed by atoms with van der Waals surface area (Å²) in [6.07, 6.45) is 1.04. The first-order valence-corrected chi connectivity index (χ1v) is 4.08. The highest BCUT2D eigenvalue weighted by Crippen LogP contribution is 2.30. The van der Waals surface area contributed by atoms with Crippen molar-refractivity contribution in [2.45, 2.75) is 20.3 Å². The molecule has 0 radical (unpaired) electrons. The summed E-state index contributed by atoms with van der Waals surface area (Å²) in [7, 11) is 0. The molecule has 0 spiro atoms. The van der Waals surface area contributed by atoms with Crippen molar-refractivity contribution in [3.05, 3.63) is 0 Å². The summed E-state index contributed by atoms with van der Waals surface area (Å²) in [5.41, 5.74) is 4.98. The van der Waals surface area contributed by atoms with Gasteiger partial charge in [0.1, 0.15) is 0 Å². The van der Waals surface area contributed by atoms with E-state index in [1.807, 2.05) is 6.92 Å². The van der Waals surface area contributed by atoms with E-state index in [0.29, 0.717) is 5.92 Å². The molecule has 1 saturated heterocycles. The van der Waals surface area contributed by atoms with Gasteiger partial charge in [0.05, 0.1) is 5.41 Å². The normalized spacial score (nSPS) is 38.5. The first-order chi connectivity index (χ1) is 5.07. The van der Waals surface area contributed by atoms with E-state index in [-0.39, 0.29) is 11.3 Å². The maximum absolute atomic E-state index is 11.1. The number of amides is 1. The van der Waals surface area contributed by atoms with E-state index in [1.165, 1.54) is 0 Å². The monoisotopic (exact) mass is 156 g/mol. The Labute approximate surface area is 67.3 Å². The van der Waals surface area contributed by atoms with Gasteiger partial charge in [-0.1, -0.05) is 6.92 Å². The van der Waals surface area contributed by atoms with Crippen LogP contribution in [-0.2, 0) is 4.79 Å². The zero-order valence-corrected chi connectivity index (χ0v) is 7.18. The fourth-order valence-corrected chi connectivity index (χ4v) is 1.49. The molecule has 0 aromatic heterocycles. The molecule has 0 bridgehead atoms. The second-order valence-electron chi connectivity index (χ2n) is 3.65. The quantitative estimate of drug-likeness (QED) is 0.566. The molecule has 3 heteroatoms. The largest absolute Gasteiger partial charge is 0.369 e.